The lowest BCUT2D eigenvalue weighted by molar-refractivity contribution is -0.154. The monoisotopic (exact) mass is 277 g/mol. The summed E-state index contributed by atoms with van der Waals surface area (Å²) in [6.07, 6.45) is -3.19. The molecule has 8 heteroatoms. The van der Waals surface area contributed by atoms with Crippen LogP contribution in [0.3, 0.4) is 0 Å². The van der Waals surface area contributed by atoms with Crippen LogP contribution in [0.5, 0.6) is 5.88 Å². The third kappa shape index (κ3) is 6.49. The molecule has 0 saturated heterocycles. The van der Waals surface area contributed by atoms with Crippen LogP contribution < -0.4 is 15.4 Å². The Balaban J connectivity index is 2.50. The number of halogens is 3. The normalized spacial score (nSPS) is 11.3. The number of hydrogen-bond donors (Lipinski definition) is 2. The number of rotatable bonds is 4. The van der Waals surface area contributed by atoms with Gasteiger partial charge in [-0.1, -0.05) is 0 Å². The molecule has 106 valence electrons. The second-order valence-electron chi connectivity index (χ2n) is 4.04. The van der Waals surface area contributed by atoms with Crippen LogP contribution in [0.4, 0.5) is 23.7 Å². The molecule has 1 heterocycles. The second kappa shape index (κ2) is 6.26. The Morgan fingerprint density at radius 1 is 1.42 bits per heavy atom. The summed E-state index contributed by atoms with van der Waals surface area (Å²) >= 11 is 0. The van der Waals surface area contributed by atoms with Crippen molar-refractivity contribution in [2.24, 2.45) is 0 Å². The van der Waals surface area contributed by atoms with Gasteiger partial charge in [-0.05, 0) is 19.9 Å². The van der Waals surface area contributed by atoms with E-state index in [4.69, 9.17) is 0 Å². The van der Waals surface area contributed by atoms with Crippen molar-refractivity contribution in [3.05, 3.63) is 18.3 Å². The van der Waals surface area contributed by atoms with Gasteiger partial charge in [0.25, 0.3) is 0 Å². The average Bonchev–Trinajstić information content (AvgIpc) is 2.26. The van der Waals surface area contributed by atoms with Crippen LogP contribution in [0, 0.1) is 0 Å². The lowest BCUT2D eigenvalue weighted by Gasteiger charge is -2.11. The lowest BCUT2D eigenvalue weighted by atomic mass is 10.4. The molecular formula is C11H14F3N3O2. The maximum atomic E-state index is 11.9. The Labute approximate surface area is 108 Å². The highest BCUT2D eigenvalue weighted by atomic mass is 19.4. The molecule has 0 spiro atoms. The van der Waals surface area contributed by atoms with Crippen LogP contribution >= 0.6 is 0 Å². The molecule has 0 aliphatic rings. The Hall–Kier alpha value is -1.99. The van der Waals surface area contributed by atoms with Crippen molar-refractivity contribution in [1.29, 1.82) is 0 Å². The van der Waals surface area contributed by atoms with Gasteiger partial charge in [-0.2, -0.15) is 13.2 Å². The summed E-state index contributed by atoms with van der Waals surface area (Å²) in [5.74, 6) is -0.160. The maximum Gasteiger partial charge on any atom is 0.422 e. The first-order chi connectivity index (χ1) is 8.76. The molecule has 2 amide bonds. The number of nitrogens with zero attached hydrogens (tertiary/aromatic N) is 1. The lowest BCUT2D eigenvalue weighted by Crippen LogP contribution is -2.34. The number of urea groups is 1. The van der Waals surface area contributed by atoms with Crippen molar-refractivity contribution in [1.82, 2.24) is 10.3 Å². The smallest absolute Gasteiger partial charge is 0.422 e. The standard InChI is InChI=1S/C11H14F3N3O2/c1-7(2)16-10(18)17-8-3-4-9(15-5-8)19-6-11(12,13)14/h3-5,7H,6H2,1-2H3,(H2,16,17,18). The van der Waals surface area contributed by atoms with Gasteiger partial charge in [0.2, 0.25) is 5.88 Å². The fourth-order valence-corrected chi connectivity index (χ4v) is 1.12. The topological polar surface area (TPSA) is 63.2 Å². The summed E-state index contributed by atoms with van der Waals surface area (Å²) in [5.41, 5.74) is 0.359. The largest absolute Gasteiger partial charge is 0.468 e. The number of carbonyl (C=O) groups excluding carboxylic acids is 1. The van der Waals surface area contributed by atoms with Gasteiger partial charge in [-0.3, -0.25) is 0 Å². The number of hydrogen-bond acceptors (Lipinski definition) is 3. The molecule has 1 rings (SSSR count). The average molecular weight is 277 g/mol. The molecule has 19 heavy (non-hydrogen) atoms. The predicted octanol–water partition coefficient (Wildman–Crippen LogP) is 2.55. The maximum absolute atomic E-state index is 11.9. The van der Waals surface area contributed by atoms with E-state index in [1.54, 1.807) is 13.8 Å². The number of nitrogens with one attached hydrogen (secondary N) is 2. The van der Waals surface area contributed by atoms with Crippen molar-refractivity contribution in [2.45, 2.75) is 26.1 Å². The van der Waals surface area contributed by atoms with E-state index in [9.17, 15) is 18.0 Å². The fourth-order valence-electron chi connectivity index (χ4n) is 1.12. The Morgan fingerprint density at radius 2 is 2.11 bits per heavy atom. The fraction of sp³-hybridized carbons (Fsp3) is 0.455. The number of pyridine rings is 1. The molecule has 0 unspecified atom stereocenters. The van der Waals surface area contributed by atoms with Gasteiger partial charge in [0.05, 0.1) is 11.9 Å². The molecule has 0 atom stereocenters. The van der Waals surface area contributed by atoms with Gasteiger partial charge in [-0.15, -0.1) is 0 Å². The second-order valence-corrected chi connectivity index (χ2v) is 4.04. The van der Waals surface area contributed by atoms with Gasteiger partial charge in [0, 0.05) is 12.1 Å². The Bertz CT molecular complexity index is 418. The van der Waals surface area contributed by atoms with Gasteiger partial charge < -0.3 is 15.4 Å². The summed E-state index contributed by atoms with van der Waals surface area (Å²) in [4.78, 5) is 15.0. The molecule has 0 bridgehead atoms. The molecule has 1 aromatic heterocycles. The molecule has 1 aromatic rings. The van der Waals surface area contributed by atoms with E-state index in [-0.39, 0.29) is 11.9 Å². The number of ether oxygens (including phenoxy) is 1. The zero-order valence-corrected chi connectivity index (χ0v) is 10.4. The van der Waals surface area contributed by atoms with E-state index in [1.807, 2.05) is 0 Å². The van der Waals surface area contributed by atoms with Crippen LogP contribution in [0.2, 0.25) is 0 Å². The van der Waals surface area contributed by atoms with Crippen molar-refractivity contribution >= 4 is 11.7 Å². The third-order valence-electron chi connectivity index (χ3n) is 1.80. The summed E-state index contributed by atoms with van der Waals surface area (Å²) < 4.78 is 40.1. The van der Waals surface area contributed by atoms with Crippen molar-refractivity contribution in [2.75, 3.05) is 11.9 Å². The van der Waals surface area contributed by atoms with Gasteiger partial charge in [0.15, 0.2) is 6.61 Å². The highest BCUT2D eigenvalue weighted by Gasteiger charge is 2.28. The quantitative estimate of drug-likeness (QED) is 0.889. The predicted molar refractivity (Wildman–Crippen MR) is 63.1 cm³/mol. The van der Waals surface area contributed by atoms with E-state index in [0.717, 1.165) is 0 Å². The third-order valence-corrected chi connectivity index (χ3v) is 1.80. The number of alkyl halides is 3. The van der Waals surface area contributed by atoms with Gasteiger partial charge in [-0.25, -0.2) is 9.78 Å². The van der Waals surface area contributed by atoms with E-state index in [2.05, 4.69) is 20.4 Å². The number of anilines is 1. The molecule has 0 radical (unpaired) electrons. The molecule has 5 nitrogen and oxygen atoms in total. The molecule has 0 fully saturated rings. The Kier molecular flexibility index (Phi) is 4.96. The van der Waals surface area contributed by atoms with E-state index in [0.29, 0.717) is 5.69 Å². The highest BCUT2D eigenvalue weighted by molar-refractivity contribution is 5.89. The number of carbonyl (C=O) groups is 1. The van der Waals surface area contributed by atoms with Crippen LogP contribution in [-0.2, 0) is 0 Å². The van der Waals surface area contributed by atoms with Gasteiger partial charge >= 0.3 is 12.2 Å². The van der Waals surface area contributed by atoms with Gasteiger partial charge in [0.1, 0.15) is 0 Å². The van der Waals surface area contributed by atoms with Crippen molar-refractivity contribution in [3.8, 4) is 5.88 Å². The van der Waals surface area contributed by atoms with Crippen molar-refractivity contribution < 1.29 is 22.7 Å². The van der Waals surface area contributed by atoms with Crippen molar-refractivity contribution in [3.63, 3.8) is 0 Å². The molecular weight excluding hydrogens is 263 g/mol. The summed E-state index contributed by atoms with van der Waals surface area (Å²) in [6.45, 7) is 2.19. The number of amides is 2. The first-order valence-corrected chi connectivity index (χ1v) is 5.49. The van der Waals surface area contributed by atoms with E-state index < -0.39 is 18.8 Å². The van der Waals surface area contributed by atoms with Crippen LogP contribution in [0.15, 0.2) is 18.3 Å². The molecule has 0 aromatic carbocycles. The minimum absolute atomic E-state index is 0.0256. The molecule has 0 aliphatic heterocycles. The molecule has 2 N–H and O–H groups in total. The Morgan fingerprint density at radius 3 is 2.58 bits per heavy atom. The minimum Gasteiger partial charge on any atom is -0.468 e. The van der Waals surface area contributed by atoms with Crippen LogP contribution in [-0.4, -0.2) is 29.8 Å². The number of aromatic nitrogens is 1. The molecule has 0 aliphatic carbocycles. The van der Waals surface area contributed by atoms with Crippen LogP contribution in [0.1, 0.15) is 13.8 Å². The zero-order chi connectivity index (χ0) is 14.5. The SMILES string of the molecule is CC(C)NC(=O)Nc1ccc(OCC(F)(F)F)nc1. The summed E-state index contributed by atoms with van der Waals surface area (Å²) in [6, 6.07) is 2.21. The summed E-state index contributed by atoms with van der Waals surface area (Å²) in [5, 5.41) is 5.08. The van der Waals surface area contributed by atoms with Crippen LogP contribution in [0.25, 0.3) is 0 Å². The first kappa shape index (κ1) is 15.1. The van der Waals surface area contributed by atoms with E-state index in [1.165, 1.54) is 18.3 Å². The van der Waals surface area contributed by atoms with E-state index >= 15 is 0 Å². The summed E-state index contributed by atoms with van der Waals surface area (Å²) in [7, 11) is 0. The highest BCUT2D eigenvalue weighted by Crippen LogP contribution is 2.17. The minimum atomic E-state index is -4.41. The first-order valence-electron chi connectivity index (χ1n) is 5.49. The zero-order valence-electron chi connectivity index (χ0n) is 10.4. The molecule has 0 saturated carbocycles.